The highest BCUT2D eigenvalue weighted by molar-refractivity contribution is 7.80. The van der Waals surface area contributed by atoms with Crippen molar-refractivity contribution in [3.05, 3.63) is 59.4 Å². The fraction of sp³-hybridized carbons (Fsp3) is 0.278. The Kier molecular flexibility index (Phi) is 6.81. The fourth-order valence-corrected chi connectivity index (χ4v) is 2.44. The summed E-state index contributed by atoms with van der Waals surface area (Å²) in [5.74, 6) is 0.338. The molecule has 0 unspecified atom stereocenters. The summed E-state index contributed by atoms with van der Waals surface area (Å²) in [6.45, 7) is 1.24. The minimum Gasteiger partial charge on any atom is -0.504 e. The third-order valence-electron chi connectivity index (χ3n) is 3.51. The topological polar surface area (TPSA) is 53.5 Å². The first-order chi connectivity index (χ1) is 11.6. The molecule has 2 aromatic rings. The monoisotopic (exact) mass is 348 g/mol. The summed E-state index contributed by atoms with van der Waals surface area (Å²) in [5.41, 5.74) is 1.93. The molecule has 0 fully saturated rings. The molecule has 0 radical (unpaired) electrons. The average molecular weight is 348 g/mol. The lowest BCUT2D eigenvalue weighted by Crippen LogP contribution is -2.35. The van der Waals surface area contributed by atoms with Gasteiger partial charge in [0.1, 0.15) is 5.82 Å². The van der Waals surface area contributed by atoms with E-state index in [0.717, 1.165) is 24.0 Å². The van der Waals surface area contributed by atoms with E-state index in [0.29, 0.717) is 24.0 Å². The van der Waals surface area contributed by atoms with Crippen molar-refractivity contribution < 1.29 is 14.2 Å². The van der Waals surface area contributed by atoms with E-state index in [9.17, 15) is 9.50 Å². The van der Waals surface area contributed by atoms with Crippen molar-refractivity contribution in [1.29, 1.82) is 0 Å². The first-order valence-corrected chi connectivity index (χ1v) is 8.11. The van der Waals surface area contributed by atoms with Crippen LogP contribution in [0.1, 0.15) is 17.5 Å². The Morgan fingerprint density at radius 3 is 2.75 bits per heavy atom. The van der Waals surface area contributed by atoms with Crippen molar-refractivity contribution in [3.8, 4) is 11.5 Å². The Morgan fingerprint density at radius 2 is 2.00 bits per heavy atom. The maximum Gasteiger partial charge on any atom is 0.166 e. The van der Waals surface area contributed by atoms with Crippen LogP contribution in [-0.2, 0) is 13.0 Å². The molecule has 0 saturated carbocycles. The SMILES string of the molecule is COc1cc(CNC(=S)NCCCc2cccc(F)c2)ccc1O. The number of ether oxygens (including phenoxy) is 1. The van der Waals surface area contributed by atoms with Gasteiger partial charge in [-0.2, -0.15) is 0 Å². The minimum absolute atomic E-state index is 0.110. The van der Waals surface area contributed by atoms with Gasteiger partial charge in [0.2, 0.25) is 0 Å². The zero-order valence-electron chi connectivity index (χ0n) is 13.5. The van der Waals surface area contributed by atoms with Gasteiger partial charge in [-0.05, 0) is 60.5 Å². The van der Waals surface area contributed by atoms with Crippen LogP contribution in [0.4, 0.5) is 4.39 Å². The molecule has 2 rings (SSSR count). The molecule has 0 amide bonds. The molecule has 0 bridgehead atoms. The number of nitrogens with one attached hydrogen (secondary N) is 2. The first kappa shape index (κ1) is 18.0. The summed E-state index contributed by atoms with van der Waals surface area (Å²) in [6.07, 6.45) is 1.65. The number of aryl methyl sites for hydroxylation is 1. The van der Waals surface area contributed by atoms with E-state index in [4.69, 9.17) is 17.0 Å². The lowest BCUT2D eigenvalue weighted by molar-refractivity contribution is 0.373. The maximum absolute atomic E-state index is 13.1. The number of aromatic hydroxyl groups is 1. The van der Waals surface area contributed by atoms with Crippen LogP contribution in [0.5, 0.6) is 11.5 Å². The van der Waals surface area contributed by atoms with E-state index in [2.05, 4.69) is 10.6 Å². The number of halogens is 1. The molecule has 0 saturated heterocycles. The molecule has 0 spiro atoms. The molecule has 0 aliphatic carbocycles. The highest BCUT2D eigenvalue weighted by atomic mass is 32.1. The zero-order valence-corrected chi connectivity index (χ0v) is 14.3. The third kappa shape index (κ3) is 5.70. The molecule has 6 heteroatoms. The predicted molar refractivity (Wildman–Crippen MR) is 96.8 cm³/mol. The molecule has 2 aromatic carbocycles. The minimum atomic E-state index is -0.207. The Morgan fingerprint density at radius 1 is 1.17 bits per heavy atom. The van der Waals surface area contributed by atoms with E-state index >= 15 is 0 Å². The fourth-order valence-electron chi connectivity index (χ4n) is 2.26. The second kappa shape index (κ2) is 9.08. The predicted octanol–water partition coefficient (Wildman–Crippen LogP) is 3.14. The van der Waals surface area contributed by atoms with Gasteiger partial charge < -0.3 is 20.5 Å². The van der Waals surface area contributed by atoms with Gasteiger partial charge in [-0.3, -0.25) is 0 Å². The van der Waals surface area contributed by atoms with Crippen LogP contribution < -0.4 is 15.4 Å². The number of rotatable bonds is 7. The molecule has 0 aromatic heterocycles. The van der Waals surface area contributed by atoms with Gasteiger partial charge in [0.15, 0.2) is 16.6 Å². The maximum atomic E-state index is 13.1. The van der Waals surface area contributed by atoms with Crippen molar-refractivity contribution in [3.63, 3.8) is 0 Å². The number of phenols is 1. The lowest BCUT2D eigenvalue weighted by atomic mass is 10.1. The van der Waals surface area contributed by atoms with Gasteiger partial charge in [0.05, 0.1) is 7.11 Å². The number of phenolic OH excluding ortho intramolecular Hbond substituents is 1. The van der Waals surface area contributed by atoms with E-state index in [-0.39, 0.29) is 11.6 Å². The van der Waals surface area contributed by atoms with Gasteiger partial charge in [-0.1, -0.05) is 18.2 Å². The summed E-state index contributed by atoms with van der Waals surface area (Å²) in [6, 6.07) is 11.8. The van der Waals surface area contributed by atoms with Gasteiger partial charge >= 0.3 is 0 Å². The number of thiocarbonyl (C=S) groups is 1. The number of hydrogen-bond acceptors (Lipinski definition) is 3. The molecular formula is C18H21FN2O2S. The quantitative estimate of drug-likeness (QED) is 0.530. The largest absolute Gasteiger partial charge is 0.504 e. The van der Waals surface area contributed by atoms with Crippen LogP contribution in [0.3, 0.4) is 0 Å². The Hall–Kier alpha value is -2.34. The summed E-state index contributed by atoms with van der Waals surface area (Å²) >= 11 is 5.23. The molecule has 0 aliphatic rings. The van der Waals surface area contributed by atoms with Gasteiger partial charge in [0.25, 0.3) is 0 Å². The Bertz CT molecular complexity index is 694. The molecular weight excluding hydrogens is 327 g/mol. The molecule has 24 heavy (non-hydrogen) atoms. The number of benzene rings is 2. The van der Waals surface area contributed by atoms with Crippen LogP contribution in [0, 0.1) is 5.82 Å². The van der Waals surface area contributed by atoms with Crippen LogP contribution in [0.2, 0.25) is 0 Å². The molecule has 4 nitrogen and oxygen atoms in total. The second-order valence-corrected chi connectivity index (χ2v) is 5.76. The summed E-state index contributed by atoms with van der Waals surface area (Å²) < 4.78 is 18.1. The zero-order chi connectivity index (χ0) is 17.4. The highest BCUT2D eigenvalue weighted by Gasteiger charge is 2.03. The van der Waals surface area contributed by atoms with Crippen LogP contribution in [0.25, 0.3) is 0 Å². The Labute approximate surface area is 146 Å². The highest BCUT2D eigenvalue weighted by Crippen LogP contribution is 2.26. The van der Waals surface area contributed by atoms with Crippen LogP contribution in [0.15, 0.2) is 42.5 Å². The van der Waals surface area contributed by atoms with Crippen LogP contribution in [-0.4, -0.2) is 23.9 Å². The van der Waals surface area contributed by atoms with E-state index in [1.54, 1.807) is 30.3 Å². The van der Waals surface area contributed by atoms with E-state index < -0.39 is 0 Å². The normalized spacial score (nSPS) is 10.2. The second-order valence-electron chi connectivity index (χ2n) is 5.35. The van der Waals surface area contributed by atoms with Crippen LogP contribution >= 0.6 is 12.2 Å². The molecule has 128 valence electrons. The first-order valence-electron chi connectivity index (χ1n) is 7.70. The Balaban J connectivity index is 1.68. The molecule has 0 atom stereocenters. The van der Waals surface area contributed by atoms with Crippen molar-refractivity contribution in [2.45, 2.75) is 19.4 Å². The molecule has 0 heterocycles. The standard InChI is InChI=1S/C18H21FN2O2S/c1-23-17-11-14(7-8-16(17)22)12-21-18(24)20-9-3-5-13-4-2-6-15(19)10-13/h2,4,6-8,10-11,22H,3,5,9,12H2,1H3,(H2,20,21,24). The van der Waals surface area contributed by atoms with Crippen molar-refractivity contribution in [2.24, 2.45) is 0 Å². The summed E-state index contributed by atoms with van der Waals surface area (Å²) in [7, 11) is 1.51. The summed E-state index contributed by atoms with van der Waals surface area (Å²) in [5, 5.41) is 16.3. The van der Waals surface area contributed by atoms with Gasteiger partial charge in [0, 0.05) is 13.1 Å². The van der Waals surface area contributed by atoms with Gasteiger partial charge in [-0.15, -0.1) is 0 Å². The van der Waals surface area contributed by atoms with E-state index in [1.165, 1.54) is 13.2 Å². The number of methoxy groups -OCH3 is 1. The third-order valence-corrected chi connectivity index (χ3v) is 3.80. The van der Waals surface area contributed by atoms with Crippen molar-refractivity contribution >= 4 is 17.3 Å². The number of hydrogen-bond donors (Lipinski definition) is 3. The molecule has 3 N–H and O–H groups in total. The van der Waals surface area contributed by atoms with E-state index in [1.807, 2.05) is 6.07 Å². The smallest absolute Gasteiger partial charge is 0.166 e. The lowest BCUT2D eigenvalue weighted by Gasteiger charge is -2.11. The van der Waals surface area contributed by atoms with Crippen molar-refractivity contribution in [2.75, 3.05) is 13.7 Å². The summed E-state index contributed by atoms with van der Waals surface area (Å²) in [4.78, 5) is 0. The molecule has 0 aliphatic heterocycles. The van der Waals surface area contributed by atoms with Gasteiger partial charge in [-0.25, -0.2) is 4.39 Å². The van der Waals surface area contributed by atoms with Crippen molar-refractivity contribution in [1.82, 2.24) is 10.6 Å². The average Bonchev–Trinajstić information content (AvgIpc) is 2.58.